The van der Waals surface area contributed by atoms with Crippen LogP contribution in [0, 0.1) is 5.82 Å². The van der Waals surface area contributed by atoms with Gasteiger partial charge in [0.15, 0.2) is 0 Å². The average Bonchev–Trinajstić information content (AvgIpc) is 3.17. The summed E-state index contributed by atoms with van der Waals surface area (Å²) >= 11 is -2.93. The third-order valence-electron chi connectivity index (χ3n) is 4.65. The quantitative estimate of drug-likeness (QED) is 0.424. The molecular weight excluding hydrogens is 455 g/mol. The number of nitrogens with two attached hydrogens (primary N) is 1. The molecule has 0 radical (unpaired) electrons. The van der Waals surface area contributed by atoms with Crippen molar-refractivity contribution in [2.45, 2.75) is 4.90 Å². The summed E-state index contributed by atoms with van der Waals surface area (Å²) in [6, 6.07) is 19.8. The minimum absolute atomic E-state index is 0.420. The standard InChI is InChI=1S/C22H17FN2O5S2/c23-18-5-3-6-19(22(18)32(24,28)29)25(31(26)27)13-12-15-8-10-16(11-9-15)21-14-17-4-1-2-7-20(17)30-21/h1-14H,(H,26,27)(H2,24,28,29)/p-1. The van der Waals surface area contributed by atoms with Gasteiger partial charge in [0.1, 0.15) is 22.1 Å². The van der Waals surface area contributed by atoms with Crippen molar-refractivity contribution in [2.75, 3.05) is 4.31 Å². The highest BCUT2D eigenvalue weighted by Gasteiger charge is 2.23. The SMILES string of the molecule is NS(=O)(=O)c1c(F)cccc1N(C=Cc1ccc(-c2cc3ccccc3o2)cc1)S(=O)[O-]. The normalized spacial score (nSPS) is 13.0. The molecule has 1 heterocycles. The Morgan fingerprint density at radius 3 is 2.41 bits per heavy atom. The average molecular weight is 472 g/mol. The smallest absolute Gasteiger partial charge is 0.243 e. The lowest BCUT2D eigenvalue weighted by Gasteiger charge is -2.24. The van der Waals surface area contributed by atoms with E-state index in [9.17, 15) is 21.6 Å². The third-order valence-corrected chi connectivity index (χ3v) is 6.26. The van der Waals surface area contributed by atoms with Crippen molar-refractivity contribution in [3.05, 3.63) is 90.4 Å². The summed E-state index contributed by atoms with van der Waals surface area (Å²) in [7, 11) is -4.51. The van der Waals surface area contributed by atoms with Crippen LogP contribution in [0.25, 0.3) is 28.4 Å². The number of nitrogens with zero attached hydrogens (tertiary/aromatic N) is 1. The Bertz CT molecular complexity index is 1410. The topological polar surface area (TPSA) is 117 Å². The monoisotopic (exact) mass is 471 g/mol. The fourth-order valence-electron chi connectivity index (χ4n) is 3.20. The molecule has 0 spiro atoms. The molecule has 0 aliphatic heterocycles. The molecule has 4 aromatic rings. The number of benzene rings is 3. The van der Waals surface area contributed by atoms with Crippen LogP contribution in [-0.4, -0.2) is 17.2 Å². The Kier molecular flexibility index (Phi) is 5.94. The number of fused-ring (bicyclic) bond motifs is 1. The summed E-state index contributed by atoms with van der Waals surface area (Å²) in [4.78, 5) is -0.908. The Labute approximate surface area is 186 Å². The van der Waals surface area contributed by atoms with Crippen LogP contribution in [0.1, 0.15) is 5.56 Å². The molecule has 1 unspecified atom stereocenters. The molecule has 32 heavy (non-hydrogen) atoms. The largest absolute Gasteiger partial charge is 0.755 e. The Morgan fingerprint density at radius 1 is 1.03 bits per heavy atom. The van der Waals surface area contributed by atoms with Crippen LogP contribution in [0.3, 0.4) is 0 Å². The Balaban J connectivity index is 1.64. The maximum Gasteiger partial charge on any atom is 0.243 e. The van der Waals surface area contributed by atoms with Gasteiger partial charge in [-0.3, -0.25) is 8.51 Å². The van der Waals surface area contributed by atoms with E-state index in [-0.39, 0.29) is 0 Å². The predicted octanol–water partition coefficient (Wildman–Crippen LogP) is 4.16. The van der Waals surface area contributed by atoms with E-state index in [1.54, 1.807) is 24.3 Å². The number of anilines is 1. The van der Waals surface area contributed by atoms with Gasteiger partial charge >= 0.3 is 0 Å². The van der Waals surface area contributed by atoms with E-state index in [1.165, 1.54) is 12.1 Å². The fraction of sp³-hybridized carbons (Fsp3) is 0. The van der Waals surface area contributed by atoms with E-state index in [1.807, 2.05) is 30.3 Å². The fourth-order valence-corrected chi connectivity index (χ4v) is 4.53. The third kappa shape index (κ3) is 4.48. The molecule has 0 aliphatic carbocycles. The zero-order chi connectivity index (χ0) is 22.9. The predicted molar refractivity (Wildman–Crippen MR) is 120 cm³/mol. The van der Waals surface area contributed by atoms with Gasteiger partial charge in [-0.25, -0.2) is 17.9 Å². The molecule has 7 nitrogen and oxygen atoms in total. The number of sulfonamides is 1. The van der Waals surface area contributed by atoms with Crippen molar-refractivity contribution >= 4 is 44.0 Å². The second kappa shape index (κ2) is 8.67. The van der Waals surface area contributed by atoms with E-state index in [2.05, 4.69) is 0 Å². The first kappa shape index (κ1) is 21.9. The lowest BCUT2D eigenvalue weighted by Crippen LogP contribution is -2.24. The summed E-state index contributed by atoms with van der Waals surface area (Å²) < 4.78 is 67.6. The van der Waals surface area contributed by atoms with Crippen LogP contribution in [0.15, 0.2) is 88.3 Å². The molecule has 0 bridgehead atoms. The van der Waals surface area contributed by atoms with Gasteiger partial charge in [-0.2, -0.15) is 0 Å². The maximum absolute atomic E-state index is 14.1. The first-order chi connectivity index (χ1) is 15.2. The number of hydrogen-bond donors (Lipinski definition) is 1. The van der Waals surface area contributed by atoms with Gasteiger partial charge < -0.3 is 8.97 Å². The molecule has 0 aliphatic rings. The molecule has 2 N–H and O–H groups in total. The van der Waals surface area contributed by atoms with Crippen LogP contribution in [0.4, 0.5) is 10.1 Å². The van der Waals surface area contributed by atoms with E-state index in [4.69, 9.17) is 9.56 Å². The first-order valence-electron chi connectivity index (χ1n) is 9.21. The zero-order valence-corrected chi connectivity index (χ0v) is 18.0. The highest BCUT2D eigenvalue weighted by molar-refractivity contribution is 7.89. The summed E-state index contributed by atoms with van der Waals surface area (Å²) in [5, 5.41) is 6.05. The zero-order valence-electron chi connectivity index (χ0n) is 16.3. The van der Waals surface area contributed by atoms with Gasteiger partial charge in [-0.05, 0) is 35.9 Å². The molecule has 3 aromatic carbocycles. The number of rotatable bonds is 6. The summed E-state index contributed by atoms with van der Waals surface area (Å²) in [6.07, 6.45) is 2.55. The van der Waals surface area contributed by atoms with Crippen molar-refractivity contribution in [3.8, 4) is 11.3 Å². The molecule has 1 atom stereocenters. The van der Waals surface area contributed by atoms with Crippen LogP contribution in [-0.2, 0) is 21.3 Å². The molecule has 0 saturated heterocycles. The summed E-state index contributed by atoms with van der Waals surface area (Å²) in [6.45, 7) is 0. The summed E-state index contributed by atoms with van der Waals surface area (Å²) in [5.41, 5.74) is 1.79. The van der Waals surface area contributed by atoms with Gasteiger partial charge in [0.05, 0.1) is 17.0 Å². The van der Waals surface area contributed by atoms with Gasteiger partial charge in [0.25, 0.3) is 0 Å². The first-order valence-corrected chi connectivity index (χ1v) is 11.8. The van der Waals surface area contributed by atoms with Crippen molar-refractivity contribution in [1.29, 1.82) is 0 Å². The van der Waals surface area contributed by atoms with Gasteiger partial charge in [0.2, 0.25) is 10.0 Å². The second-order valence-corrected chi connectivity index (χ2v) is 9.09. The van der Waals surface area contributed by atoms with Gasteiger partial charge in [0, 0.05) is 17.1 Å². The van der Waals surface area contributed by atoms with Crippen molar-refractivity contribution < 1.29 is 26.0 Å². The molecule has 10 heteroatoms. The number of para-hydroxylation sites is 1. The molecule has 4 rings (SSSR count). The number of furan rings is 1. The lowest BCUT2D eigenvalue weighted by molar-refractivity contribution is 0.536. The number of hydrogen-bond acceptors (Lipinski definition) is 5. The van der Waals surface area contributed by atoms with Crippen LogP contribution < -0.4 is 9.44 Å². The minimum atomic E-state index is -4.51. The Morgan fingerprint density at radius 2 is 1.75 bits per heavy atom. The highest BCUT2D eigenvalue weighted by Crippen LogP contribution is 2.30. The van der Waals surface area contributed by atoms with E-state index in [0.717, 1.165) is 34.9 Å². The highest BCUT2D eigenvalue weighted by atomic mass is 32.2. The van der Waals surface area contributed by atoms with Crippen molar-refractivity contribution in [1.82, 2.24) is 0 Å². The molecular formula is C22H16FN2O5S2-. The molecule has 0 saturated carbocycles. The minimum Gasteiger partial charge on any atom is -0.755 e. The van der Waals surface area contributed by atoms with Crippen molar-refractivity contribution in [2.24, 2.45) is 5.14 Å². The maximum atomic E-state index is 14.1. The van der Waals surface area contributed by atoms with E-state index in [0.29, 0.717) is 15.6 Å². The van der Waals surface area contributed by atoms with Gasteiger partial charge in [-0.15, -0.1) is 0 Å². The molecule has 1 aromatic heterocycles. The van der Waals surface area contributed by atoms with Crippen LogP contribution in [0.5, 0.6) is 0 Å². The van der Waals surface area contributed by atoms with E-state index >= 15 is 0 Å². The second-order valence-electron chi connectivity index (χ2n) is 6.76. The molecule has 0 amide bonds. The van der Waals surface area contributed by atoms with Crippen LogP contribution in [0.2, 0.25) is 0 Å². The molecule has 164 valence electrons. The number of halogens is 1. The van der Waals surface area contributed by atoms with E-state index < -0.39 is 37.7 Å². The van der Waals surface area contributed by atoms with Crippen LogP contribution >= 0.6 is 0 Å². The molecule has 0 fully saturated rings. The van der Waals surface area contributed by atoms with Gasteiger partial charge in [-0.1, -0.05) is 48.5 Å². The summed E-state index contributed by atoms with van der Waals surface area (Å²) in [5.74, 6) is -0.467. The number of primary sulfonamides is 1. The Hall–Kier alpha value is -3.31. The lowest BCUT2D eigenvalue weighted by atomic mass is 10.1. The van der Waals surface area contributed by atoms with Crippen molar-refractivity contribution in [3.63, 3.8) is 0 Å².